The average molecular weight is 413 g/mol. The molecule has 0 radical (unpaired) electrons. The van der Waals surface area contributed by atoms with Crippen molar-refractivity contribution in [1.82, 2.24) is 5.01 Å². The lowest BCUT2D eigenvalue weighted by atomic mass is 10.1. The molecule has 0 bridgehead atoms. The third-order valence-electron chi connectivity index (χ3n) is 4.20. The molecule has 0 saturated carbocycles. The predicted molar refractivity (Wildman–Crippen MR) is 105 cm³/mol. The van der Waals surface area contributed by atoms with Crippen LogP contribution in [-0.4, -0.2) is 29.2 Å². The number of nitrogens with zero attached hydrogens (tertiary/aromatic N) is 3. The quantitative estimate of drug-likeness (QED) is 0.366. The van der Waals surface area contributed by atoms with Gasteiger partial charge >= 0.3 is 11.7 Å². The van der Waals surface area contributed by atoms with Crippen molar-refractivity contribution in [3.63, 3.8) is 0 Å². The monoisotopic (exact) mass is 413 g/mol. The number of hydrogen-bond acceptors (Lipinski definition) is 7. The SMILES string of the molecule is O=C(OCC(=O)N1N=C(c2cccs2)C[C@@H]1c1cccs1)c1cccc[n+]1[O-]. The maximum Gasteiger partial charge on any atom is 0.405 e. The highest BCUT2D eigenvalue weighted by molar-refractivity contribution is 7.12. The summed E-state index contributed by atoms with van der Waals surface area (Å²) in [6.07, 6.45) is 1.79. The molecule has 3 aromatic rings. The number of ether oxygens (including phenoxy) is 1. The van der Waals surface area contributed by atoms with Gasteiger partial charge < -0.3 is 9.94 Å². The van der Waals surface area contributed by atoms with Crippen LogP contribution in [0.3, 0.4) is 0 Å². The number of hydrazone groups is 1. The molecule has 0 saturated heterocycles. The first kappa shape index (κ1) is 18.3. The fourth-order valence-corrected chi connectivity index (χ4v) is 4.42. The van der Waals surface area contributed by atoms with Gasteiger partial charge in [0.1, 0.15) is 0 Å². The zero-order valence-corrected chi connectivity index (χ0v) is 16.2. The summed E-state index contributed by atoms with van der Waals surface area (Å²) in [6.45, 7) is -0.489. The van der Waals surface area contributed by atoms with E-state index in [0.29, 0.717) is 11.2 Å². The largest absolute Gasteiger partial charge is 0.618 e. The maximum absolute atomic E-state index is 12.8. The van der Waals surface area contributed by atoms with E-state index in [2.05, 4.69) is 5.10 Å². The van der Waals surface area contributed by atoms with E-state index >= 15 is 0 Å². The Balaban J connectivity index is 1.50. The van der Waals surface area contributed by atoms with Crippen molar-refractivity contribution >= 4 is 40.3 Å². The van der Waals surface area contributed by atoms with Crippen molar-refractivity contribution in [2.45, 2.75) is 12.5 Å². The number of carbonyl (C=O) groups is 2. The first-order chi connectivity index (χ1) is 13.6. The molecule has 0 unspecified atom stereocenters. The first-order valence-corrected chi connectivity index (χ1v) is 10.2. The van der Waals surface area contributed by atoms with Gasteiger partial charge in [-0.15, -0.1) is 22.7 Å². The lowest BCUT2D eigenvalue weighted by Gasteiger charge is -2.20. The Kier molecular flexibility index (Phi) is 5.18. The Morgan fingerprint density at radius 2 is 2.00 bits per heavy atom. The van der Waals surface area contributed by atoms with Crippen LogP contribution in [0.15, 0.2) is 64.5 Å². The van der Waals surface area contributed by atoms with E-state index < -0.39 is 18.5 Å². The minimum Gasteiger partial charge on any atom is -0.618 e. The van der Waals surface area contributed by atoms with Crippen molar-refractivity contribution in [3.8, 4) is 0 Å². The van der Waals surface area contributed by atoms with Gasteiger partial charge in [0.05, 0.1) is 16.6 Å². The molecule has 0 aliphatic carbocycles. The third-order valence-corrected chi connectivity index (χ3v) is 6.10. The summed E-state index contributed by atoms with van der Waals surface area (Å²) in [5.74, 6) is -1.29. The molecule has 9 heteroatoms. The zero-order valence-electron chi connectivity index (χ0n) is 14.6. The molecule has 4 heterocycles. The summed E-state index contributed by atoms with van der Waals surface area (Å²) < 4.78 is 5.47. The highest BCUT2D eigenvalue weighted by atomic mass is 32.1. The summed E-state index contributed by atoms with van der Waals surface area (Å²) in [4.78, 5) is 26.9. The highest BCUT2D eigenvalue weighted by Gasteiger charge is 2.34. The van der Waals surface area contributed by atoms with Gasteiger partial charge in [0.15, 0.2) is 12.8 Å². The van der Waals surface area contributed by atoms with Gasteiger partial charge in [0.2, 0.25) is 0 Å². The summed E-state index contributed by atoms with van der Waals surface area (Å²) in [6, 6.07) is 12.0. The summed E-state index contributed by atoms with van der Waals surface area (Å²) in [5.41, 5.74) is 0.655. The number of aromatic nitrogens is 1. The minimum absolute atomic E-state index is 0.172. The van der Waals surface area contributed by atoms with Gasteiger partial charge in [0, 0.05) is 23.4 Å². The van der Waals surface area contributed by atoms with Crippen LogP contribution < -0.4 is 4.73 Å². The van der Waals surface area contributed by atoms with E-state index in [1.165, 1.54) is 23.3 Å². The molecule has 1 amide bonds. The van der Waals surface area contributed by atoms with Crippen LogP contribution in [0.4, 0.5) is 0 Å². The lowest BCUT2D eigenvalue weighted by Crippen LogP contribution is -2.36. The topological polar surface area (TPSA) is 85.9 Å². The molecule has 0 N–H and O–H groups in total. The molecule has 28 heavy (non-hydrogen) atoms. The Hall–Kier alpha value is -3.04. The van der Waals surface area contributed by atoms with E-state index in [0.717, 1.165) is 15.5 Å². The number of carbonyl (C=O) groups excluding carboxylic acids is 2. The fourth-order valence-electron chi connectivity index (χ4n) is 2.89. The second-order valence-corrected chi connectivity index (χ2v) is 7.91. The Morgan fingerprint density at radius 1 is 1.18 bits per heavy atom. The molecule has 1 aliphatic heterocycles. The zero-order chi connectivity index (χ0) is 19.5. The van der Waals surface area contributed by atoms with Crippen LogP contribution in [0.1, 0.15) is 32.7 Å². The number of esters is 1. The second-order valence-electron chi connectivity index (χ2n) is 5.99. The number of rotatable bonds is 5. The normalized spacial score (nSPS) is 16.1. The standard InChI is InChI=1S/C19H15N3O4S2/c23-18(12-26-19(24)14-5-1-2-8-21(14)25)22-15(17-7-4-10-28-17)11-13(20-22)16-6-3-9-27-16/h1-10,15H,11-12H2/t15-/m1/s1. The van der Waals surface area contributed by atoms with E-state index in [1.807, 2.05) is 35.0 Å². The fraction of sp³-hybridized carbons (Fsp3) is 0.158. The smallest absolute Gasteiger partial charge is 0.405 e. The first-order valence-electron chi connectivity index (χ1n) is 8.45. The number of hydrogen-bond donors (Lipinski definition) is 0. The molecule has 0 spiro atoms. The number of thiophene rings is 2. The van der Waals surface area contributed by atoms with Gasteiger partial charge in [-0.05, 0) is 29.0 Å². The molecule has 1 atom stereocenters. The number of pyridine rings is 1. The average Bonchev–Trinajstić information content (AvgIpc) is 3.46. The van der Waals surface area contributed by atoms with Crippen LogP contribution in [0.2, 0.25) is 0 Å². The van der Waals surface area contributed by atoms with Crippen molar-refractivity contribution in [2.24, 2.45) is 5.10 Å². The van der Waals surface area contributed by atoms with E-state index in [1.54, 1.807) is 28.7 Å². The van der Waals surface area contributed by atoms with E-state index in [9.17, 15) is 14.8 Å². The van der Waals surface area contributed by atoms with E-state index in [-0.39, 0.29) is 11.7 Å². The van der Waals surface area contributed by atoms with Gasteiger partial charge in [-0.3, -0.25) is 4.79 Å². The summed E-state index contributed by atoms with van der Waals surface area (Å²) >= 11 is 3.11. The van der Waals surface area contributed by atoms with Crippen LogP contribution in [0.5, 0.6) is 0 Å². The molecule has 4 rings (SSSR count). The Bertz CT molecular complexity index is 1020. The van der Waals surface area contributed by atoms with E-state index in [4.69, 9.17) is 4.74 Å². The Labute approximate surface area is 168 Å². The molecule has 1 aliphatic rings. The molecule has 0 aromatic carbocycles. The van der Waals surface area contributed by atoms with Crippen molar-refractivity contribution in [3.05, 3.63) is 80.1 Å². The van der Waals surface area contributed by atoms with Gasteiger partial charge in [-0.25, -0.2) is 9.80 Å². The maximum atomic E-state index is 12.8. The molecule has 7 nitrogen and oxygen atoms in total. The van der Waals surface area contributed by atoms with Gasteiger partial charge in [-0.2, -0.15) is 9.83 Å². The predicted octanol–water partition coefficient (Wildman–Crippen LogP) is 2.98. The van der Waals surface area contributed by atoms with Crippen LogP contribution in [0.25, 0.3) is 0 Å². The van der Waals surface area contributed by atoms with Crippen LogP contribution in [-0.2, 0) is 9.53 Å². The van der Waals surface area contributed by atoms with Gasteiger partial charge in [0.25, 0.3) is 5.91 Å². The lowest BCUT2D eigenvalue weighted by molar-refractivity contribution is -0.608. The molecular formula is C19H15N3O4S2. The van der Waals surface area contributed by atoms with Crippen molar-refractivity contribution < 1.29 is 19.1 Å². The summed E-state index contributed by atoms with van der Waals surface area (Å²) in [7, 11) is 0. The van der Waals surface area contributed by atoms with Crippen molar-refractivity contribution in [1.29, 1.82) is 0 Å². The molecular weight excluding hydrogens is 398 g/mol. The van der Waals surface area contributed by atoms with Crippen molar-refractivity contribution in [2.75, 3.05) is 6.61 Å². The molecule has 0 fully saturated rings. The highest BCUT2D eigenvalue weighted by Crippen LogP contribution is 2.35. The Morgan fingerprint density at radius 3 is 2.71 bits per heavy atom. The van der Waals surface area contributed by atoms with Crippen LogP contribution in [0, 0.1) is 5.21 Å². The minimum atomic E-state index is -0.849. The third kappa shape index (κ3) is 3.67. The number of amides is 1. The second kappa shape index (κ2) is 7.91. The van der Waals surface area contributed by atoms with Crippen LogP contribution >= 0.6 is 22.7 Å². The molecule has 142 valence electrons. The van der Waals surface area contributed by atoms with Gasteiger partial charge in [-0.1, -0.05) is 12.1 Å². The summed E-state index contributed by atoms with van der Waals surface area (Å²) in [5, 5.41) is 21.4. The molecule has 3 aromatic heterocycles.